The number of nitrogens with one attached hydrogen (secondary N) is 1. The van der Waals surface area contributed by atoms with Crippen LogP contribution in [-0.4, -0.2) is 44.1 Å². The molecule has 1 fully saturated rings. The fourth-order valence-corrected chi connectivity index (χ4v) is 2.82. The van der Waals surface area contributed by atoms with Crippen molar-refractivity contribution in [1.82, 2.24) is 5.32 Å². The van der Waals surface area contributed by atoms with E-state index in [1.165, 1.54) is 16.8 Å². The van der Waals surface area contributed by atoms with Crippen LogP contribution < -0.4 is 10.2 Å². The zero-order valence-electron chi connectivity index (χ0n) is 13.5. The van der Waals surface area contributed by atoms with Crippen LogP contribution in [0.3, 0.4) is 0 Å². The van der Waals surface area contributed by atoms with E-state index < -0.39 is 5.60 Å². The Labute approximate surface area is 128 Å². The number of ether oxygens (including phenoxy) is 1. The van der Waals surface area contributed by atoms with Gasteiger partial charge >= 0.3 is 0 Å². The number of hydrogen-bond acceptors (Lipinski definition) is 4. The summed E-state index contributed by atoms with van der Waals surface area (Å²) in [5.41, 5.74) is 3.42. The SMILES string of the molecule is COCCNCc1ccc(N2CCC(C)(O)CC2)c(C)c1. The molecule has 0 atom stereocenters. The minimum atomic E-state index is -0.490. The lowest BCUT2D eigenvalue weighted by Gasteiger charge is -2.37. The van der Waals surface area contributed by atoms with Crippen molar-refractivity contribution in [3.63, 3.8) is 0 Å². The zero-order valence-corrected chi connectivity index (χ0v) is 13.5. The van der Waals surface area contributed by atoms with Crippen LogP contribution in [0.25, 0.3) is 0 Å². The Hall–Kier alpha value is -1.10. The van der Waals surface area contributed by atoms with Crippen LogP contribution in [0.2, 0.25) is 0 Å². The lowest BCUT2D eigenvalue weighted by Crippen LogP contribution is -2.42. The lowest BCUT2D eigenvalue weighted by atomic mass is 9.93. The Kier molecular flexibility index (Phi) is 5.62. The summed E-state index contributed by atoms with van der Waals surface area (Å²) in [5, 5.41) is 13.4. The lowest BCUT2D eigenvalue weighted by molar-refractivity contribution is 0.0351. The highest BCUT2D eigenvalue weighted by Gasteiger charge is 2.27. The van der Waals surface area contributed by atoms with Gasteiger partial charge in [-0.2, -0.15) is 0 Å². The van der Waals surface area contributed by atoms with E-state index in [0.29, 0.717) is 0 Å². The van der Waals surface area contributed by atoms with Crippen LogP contribution in [0.15, 0.2) is 18.2 Å². The van der Waals surface area contributed by atoms with E-state index in [4.69, 9.17) is 4.74 Å². The van der Waals surface area contributed by atoms with Crippen molar-refractivity contribution < 1.29 is 9.84 Å². The number of aryl methyl sites for hydroxylation is 1. The Balaban J connectivity index is 1.93. The summed E-state index contributed by atoms with van der Waals surface area (Å²) in [7, 11) is 1.72. The van der Waals surface area contributed by atoms with Gasteiger partial charge in [0.15, 0.2) is 0 Å². The molecule has 1 aromatic rings. The van der Waals surface area contributed by atoms with Gasteiger partial charge < -0.3 is 20.1 Å². The molecule has 0 radical (unpaired) electrons. The molecule has 4 nitrogen and oxygen atoms in total. The predicted molar refractivity (Wildman–Crippen MR) is 86.8 cm³/mol. The van der Waals surface area contributed by atoms with Gasteiger partial charge in [-0.15, -0.1) is 0 Å². The van der Waals surface area contributed by atoms with Crippen molar-refractivity contribution in [2.75, 3.05) is 38.3 Å². The Bertz CT molecular complexity index is 450. The molecule has 0 unspecified atom stereocenters. The van der Waals surface area contributed by atoms with Crippen molar-refractivity contribution in [3.8, 4) is 0 Å². The second-order valence-corrected chi connectivity index (χ2v) is 6.27. The van der Waals surface area contributed by atoms with E-state index in [1.807, 2.05) is 6.92 Å². The Morgan fingerprint density at radius 1 is 1.33 bits per heavy atom. The van der Waals surface area contributed by atoms with E-state index in [-0.39, 0.29) is 0 Å². The molecular formula is C17H28N2O2. The van der Waals surface area contributed by atoms with E-state index in [0.717, 1.165) is 45.6 Å². The van der Waals surface area contributed by atoms with Gasteiger partial charge in [0.05, 0.1) is 12.2 Å². The Morgan fingerprint density at radius 3 is 2.67 bits per heavy atom. The normalized spacial score (nSPS) is 18.0. The first-order valence-corrected chi connectivity index (χ1v) is 7.78. The number of hydrogen-bond donors (Lipinski definition) is 2. The predicted octanol–water partition coefficient (Wildman–Crippen LogP) is 2.08. The quantitative estimate of drug-likeness (QED) is 0.788. The minimum Gasteiger partial charge on any atom is -0.390 e. The summed E-state index contributed by atoms with van der Waals surface area (Å²) >= 11 is 0. The molecule has 4 heteroatoms. The van der Waals surface area contributed by atoms with E-state index >= 15 is 0 Å². The summed E-state index contributed by atoms with van der Waals surface area (Å²) in [6.07, 6.45) is 1.68. The number of methoxy groups -OCH3 is 1. The third-order valence-corrected chi connectivity index (χ3v) is 4.25. The topological polar surface area (TPSA) is 44.7 Å². The fourth-order valence-electron chi connectivity index (χ4n) is 2.82. The highest BCUT2D eigenvalue weighted by molar-refractivity contribution is 5.54. The average Bonchev–Trinajstić information content (AvgIpc) is 2.44. The molecule has 1 aliphatic heterocycles. The van der Waals surface area contributed by atoms with E-state index in [1.54, 1.807) is 7.11 Å². The molecule has 0 bridgehead atoms. The molecule has 2 rings (SSSR count). The minimum absolute atomic E-state index is 0.490. The van der Waals surface area contributed by atoms with Gasteiger partial charge in [-0.1, -0.05) is 12.1 Å². The van der Waals surface area contributed by atoms with Crippen molar-refractivity contribution in [3.05, 3.63) is 29.3 Å². The average molecular weight is 292 g/mol. The third kappa shape index (κ3) is 4.70. The van der Waals surface area contributed by atoms with E-state index in [9.17, 15) is 5.11 Å². The van der Waals surface area contributed by atoms with Crippen LogP contribution in [0.5, 0.6) is 0 Å². The second kappa shape index (κ2) is 7.25. The highest BCUT2D eigenvalue weighted by atomic mass is 16.5. The molecule has 0 aromatic heterocycles. The number of nitrogens with zero attached hydrogens (tertiary/aromatic N) is 1. The first-order chi connectivity index (χ1) is 10.0. The molecular weight excluding hydrogens is 264 g/mol. The molecule has 1 heterocycles. The number of aliphatic hydroxyl groups is 1. The fraction of sp³-hybridized carbons (Fsp3) is 0.647. The van der Waals surface area contributed by atoms with Crippen LogP contribution in [-0.2, 0) is 11.3 Å². The first-order valence-electron chi connectivity index (χ1n) is 7.78. The molecule has 0 aliphatic carbocycles. The van der Waals surface area contributed by atoms with Crippen LogP contribution in [0.1, 0.15) is 30.9 Å². The largest absolute Gasteiger partial charge is 0.390 e. The molecule has 0 spiro atoms. The van der Waals surface area contributed by atoms with Gasteiger partial charge in [-0.3, -0.25) is 0 Å². The number of anilines is 1. The standard InChI is InChI=1S/C17H28N2O2/c1-14-12-15(13-18-8-11-21-3)4-5-16(14)19-9-6-17(2,20)7-10-19/h4-5,12,18,20H,6-11,13H2,1-3H3. The van der Waals surface area contributed by atoms with Gasteiger partial charge in [0, 0.05) is 39.0 Å². The van der Waals surface area contributed by atoms with Crippen molar-refractivity contribution in [1.29, 1.82) is 0 Å². The summed E-state index contributed by atoms with van der Waals surface area (Å²) in [4.78, 5) is 2.38. The maximum atomic E-state index is 10.0. The molecule has 1 saturated heterocycles. The summed E-state index contributed by atoms with van der Waals surface area (Å²) in [5.74, 6) is 0. The smallest absolute Gasteiger partial charge is 0.0653 e. The van der Waals surface area contributed by atoms with Gasteiger partial charge in [-0.05, 0) is 43.9 Å². The van der Waals surface area contributed by atoms with Gasteiger partial charge in [0.25, 0.3) is 0 Å². The molecule has 0 saturated carbocycles. The second-order valence-electron chi connectivity index (χ2n) is 6.27. The van der Waals surface area contributed by atoms with Crippen molar-refractivity contribution in [2.24, 2.45) is 0 Å². The van der Waals surface area contributed by atoms with Gasteiger partial charge in [0.1, 0.15) is 0 Å². The van der Waals surface area contributed by atoms with Crippen LogP contribution in [0, 0.1) is 6.92 Å². The monoisotopic (exact) mass is 292 g/mol. The number of rotatable bonds is 6. The molecule has 21 heavy (non-hydrogen) atoms. The maximum Gasteiger partial charge on any atom is 0.0653 e. The van der Waals surface area contributed by atoms with Gasteiger partial charge in [0.2, 0.25) is 0 Å². The highest BCUT2D eigenvalue weighted by Crippen LogP contribution is 2.28. The third-order valence-electron chi connectivity index (χ3n) is 4.25. The van der Waals surface area contributed by atoms with Crippen molar-refractivity contribution >= 4 is 5.69 Å². The summed E-state index contributed by atoms with van der Waals surface area (Å²) in [6.45, 7) is 8.45. The van der Waals surface area contributed by atoms with Crippen molar-refractivity contribution in [2.45, 2.75) is 38.8 Å². The van der Waals surface area contributed by atoms with Crippen LogP contribution >= 0.6 is 0 Å². The molecule has 2 N–H and O–H groups in total. The van der Waals surface area contributed by atoms with E-state index in [2.05, 4.69) is 35.3 Å². The molecule has 0 amide bonds. The van der Waals surface area contributed by atoms with Gasteiger partial charge in [-0.25, -0.2) is 0 Å². The summed E-state index contributed by atoms with van der Waals surface area (Å²) < 4.78 is 5.03. The maximum absolute atomic E-state index is 10.0. The van der Waals surface area contributed by atoms with Crippen LogP contribution in [0.4, 0.5) is 5.69 Å². The number of benzene rings is 1. The summed E-state index contributed by atoms with van der Waals surface area (Å²) in [6, 6.07) is 6.65. The molecule has 1 aromatic carbocycles. The Morgan fingerprint density at radius 2 is 2.05 bits per heavy atom. The number of piperidine rings is 1. The zero-order chi connectivity index (χ0) is 15.3. The molecule has 118 valence electrons. The molecule has 1 aliphatic rings. The first kappa shape index (κ1) is 16.3.